The molecule has 1 aromatic carbocycles. The predicted molar refractivity (Wildman–Crippen MR) is 77.9 cm³/mol. The number of rotatable bonds is 8. The summed E-state index contributed by atoms with van der Waals surface area (Å²) in [5.74, 6) is 0. The third-order valence-electron chi connectivity index (χ3n) is 3.08. The first kappa shape index (κ1) is 14.5. The predicted octanol–water partition coefficient (Wildman–Crippen LogP) is 4.64. The molecular weight excluding hydrogens is 224 g/mol. The van der Waals surface area contributed by atoms with Gasteiger partial charge in [0.15, 0.2) is 8.32 Å². The number of unbranched alkanes of at least 4 members (excludes halogenated alkanes) is 1. The van der Waals surface area contributed by atoms with Gasteiger partial charge >= 0.3 is 0 Å². The third-order valence-corrected chi connectivity index (χ3v) is 5.62. The molecule has 0 aliphatic carbocycles. The highest BCUT2D eigenvalue weighted by Crippen LogP contribution is 2.15. The SMILES string of the molecule is CCCC[Si](C)(C)OCCCc1ccccc1. The Balaban J connectivity index is 2.15. The Hall–Kier alpha value is -0.603. The van der Waals surface area contributed by atoms with Gasteiger partial charge in [-0.15, -0.1) is 0 Å². The molecule has 0 atom stereocenters. The number of hydrogen-bond acceptors (Lipinski definition) is 1. The molecule has 0 radical (unpaired) electrons. The minimum absolute atomic E-state index is 0.928. The molecule has 0 amide bonds. The van der Waals surface area contributed by atoms with Gasteiger partial charge in [-0.25, -0.2) is 0 Å². The molecule has 0 heterocycles. The maximum absolute atomic E-state index is 6.09. The summed E-state index contributed by atoms with van der Waals surface area (Å²) >= 11 is 0. The number of aryl methyl sites for hydroxylation is 1. The maximum atomic E-state index is 6.09. The molecule has 0 spiro atoms. The second-order valence-corrected chi connectivity index (χ2v) is 9.61. The van der Waals surface area contributed by atoms with Crippen molar-refractivity contribution in [1.29, 1.82) is 0 Å². The zero-order valence-corrected chi connectivity index (χ0v) is 12.5. The van der Waals surface area contributed by atoms with E-state index in [1.807, 2.05) is 0 Å². The van der Waals surface area contributed by atoms with Gasteiger partial charge in [0.05, 0.1) is 0 Å². The molecule has 0 unspecified atom stereocenters. The van der Waals surface area contributed by atoms with E-state index < -0.39 is 8.32 Å². The Morgan fingerprint density at radius 3 is 2.41 bits per heavy atom. The average Bonchev–Trinajstić information content (AvgIpc) is 2.34. The number of hydrogen-bond donors (Lipinski definition) is 0. The lowest BCUT2D eigenvalue weighted by Gasteiger charge is -2.22. The van der Waals surface area contributed by atoms with Crippen molar-refractivity contribution in [3.63, 3.8) is 0 Å². The highest BCUT2D eigenvalue weighted by molar-refractivity contribution is 6.71. The highest BCUT2D eigenvalue weighted by Gasteiger charge is 2.20. The largest absolute Gasteiger partial charge is 0.417 e. The average molecular weight is 250 g/mol. The van der Waals surface area contributed by atoms with Crippen LogP contribution in [-0.4, -0.2) is 14.9 Å². The van der Waals surface area contributed by atoms with Crippen LogP contribution in [0.15, 0.2) is 30.3 Å². The topological polar surface area (TPSA) is 9.23 Å². The Labute approximate surface area is 107 Å². The van der Waals surface area contributed by atoms with Crippen LogP contribution in [0.2, 0.25) is 19.1 Å². The zero-order chi connectivity index (χ0) is 12.6. The fourth-order valence-electron chi connectivity index (χ4n) is 1.94. The fourth-order valence-corrected chi connectivity index (χ4v) is 3.99. The van der Waals surface area contributed by atoms with Gasteiger partial charge in [0.2, 0.25) is 0 Å². The highest BCUT2D eigenvalue weighted by atomic mass is 28.4. The zero-order valence-electron chi connectivity index (χ0n) is 11.5. The molecule has 2 heteroatoms. The van der Waals surface area contributed by atoms with E-state index in [-0.39, 0.29) is 0 Å². The number of benzene rings is 1. The van der Waals surface area contributed by atoms with Gasteiger partial charge in [-0.3, -0.25) is 0 Å². The van der Waals surface area contributed by atoms with E-state index in [0.29, 0.717) is 0 Å². The molecule has 0 fully saturated rings. The molecule has 1 rings (SSSR count). The van der Waals surface area contributed by atoms with Crippen molar-refractivity contribution in [2.75, 3.05) is 6.61 Å². The van der Waals surface area contributed by atoms with Gasteiger partial charge < -0.3 is 4.43 Å². The molecule has 17 heavy (non-hydrogen) atoms. The molecule has 0 saturated carbocycles. The van der Waals surface area contributed by atoms with E-state index in [1.165, 1.54) is 24.4 Å². The minimum Gasteiger partial charge on any atom is -0.417 e. The van der Waals surface area contributed by atoms with Crippen LogP contribution >= 0.6 is 0 Å². The van der Waals surface area contributed by atoms with Gasteiger partial charge in [0.1, 0.15) is 0 Å². The second kappa shape index (κ2) is 7.67. The van der Waals surface area contributed by atoms with Crippen LogP contribution in [0.1, 0.15) is 31.7 Å². The lowest BCUT2D eigenvalue weighted by molar-refractivity contribution is 0.299. The van der Waals surface area contributed by atoms with E-state index in [9.17, 15) is 0 Å². The summed E-state index contributed by atoms with van der Waals surface area (Å²) in [6.07, 6.45) is 4.88. The summed E-state index contributed by atoms with van der Waals surface area (Å²) in [6, 6.07) is 12.0. The van der Waals surface area contributed by atoms with Crippen molar-refractivity contribution in [3.05, 3.63) is 35.9 Å². The third kappa shape index (κ3) is 6.64. The van der Waals surface area contributed by atoms with Crippen LogP contribution in [0.3, 0.4) is 0 Å². The van der Waals surface area contributed by atoms with Gasteiger partial charge in [-0.1, -0.05) is 50.1 Å². The first-order valence-electron chi connectivity index (χ1n) is 6.82. The second-order valence-electron chi connectivity index (χ2n) is 5.30. The standard InChI is InChI=1S/C15H26OSi/c1-4-5-14-17(2,3)16-13-9-12-15-10-7-6-8-11-15/h6-8,10-11H,4-5,9,12-14H2,1-3H3. The molecule has 96 valence electrons. The molecule has 1 nitrogen and oxygen atoms in total. The maximum Gasteiger partial charge on any atom is 0.186 e. The van der Waals surface area contributed by atoms with Crippen LogP contribution < -0.4 is 0 Å². The quantitative estimate of drug-likeness (QED) is 0.482. The molecule has 0 aliphatic rings. The van der Waals surface area contributed by atoms with E-state index in [0.717, 1.165) is 19.4 Å². The van der Waals surface area contributed by atoms with Crippen molar-refractivity contribution in [2.24, 2.45) is 0 Å². The molecule has 0 N–H and O–H groups in total. The summed E-state index contributed by atoms with van der Waals surface area (Å²) in [7, 11) is -1.36. The van der Waals surface area contributed by atoms with Crippen molar-refractivity contribution >= 4 is 8.32 Å². The molecule has 0 aliphatic heterocycles. The smallest absolute Gasteiger partial charge is 0.186 e. The molecular formula is C15H26OSi. The Kier molecular flexibility index (Phi) is 6.52. The van der Waals surface area contributed by atoms with Crippen molar-refractivity contribution in [3.8, 4) is 0 Å². The van der Waals surface area contributed by atoms with Crippen LogP contribution in [0.25, 0.3) is 0 Å². The van der Waals surface area contributed by atoms with Gasteiger partial charge in [-0.05, 0) is 37.5 Å². The summed E-state index contributed by atoms with van der Waals surface area (Å²) in [6.45, 7) is 7.86. The van der Waals surface area contributed by atoms with Crippen LogP contribution in [0.5, 0.6) is 0 Å². The van der Waals surface area contributed by atoms with Crippen molar-refractivity contribution in [1.82, 2.24) is 0 Å². The van der Waals surface area contributed by atoms with Crippen molar-refractivity contribution < 1.29 is 4.43 Å². The van der Waals surface area contributed by atoms with Gasteiger partial charge in [0.25, 0.3) is 0 Å². The van der Waals surface area contributed by atoms with Gasteiger partial charge in [0, 0.05) is 6.61 Å². The normalized spacial score (nSPS) is 11.7. The monoisotopic (exact) mass is 250 g/mol. The summed E-state index contributed by atoms with van der Waals surface area (Å²) in [5, 5.41) is 0. The fraction of sp³-hybridized carbons (Fsp3) is 0.600. The lowest BCUT2D eigenvalue weighted by Crippen LogP contribution is -2.30. The van der Waals surface area contributed by atoms with E-state index >= 15 is 0 Å². The lowest BCUT2D eigenvalue weighted by atomic mass is 10.1. The van der Waals surface area contributed by atoms with E-state index in [1.54, 1.807) is 0 Å². The molecule has 1 aromatic rings. The first-order valence-corrected chi connectivity index (χ1v) is 9.93. The minimum atomic E-state index is -1.36. The summed E-state index contributed by atoms with van der Waals surface area (Å²) in [4.78, 5) is 0. The van der Waals surface area contributed by atoms with E-state index in [2.05, 4.69) is 50.3 Å². The summed E-state index contributed by atoms with van der Waals surface area (Å²) in [5.41, 5.74) is 1.42. The Bertz CT molecular complexity index is 295. The van der Waals surface area contributed by atoms with Crippen LogP contribution in [0, 0.1) is 0 Å². The van der Waals surface area contributed by atoms with Crippen LogP contribution in [0.4, 0.5) is 0 Å². The molecule has 0 bridgehead atoms. The Morgan fingerprint density at radius 1 is 1.06 bits per heavy atom. The van der Waals surface area contributed by atoms with Gasteiger partial charge in [-0.2, -0.15) is 0 Å². The van der Waals surface area contributed by atoms with E-state index in [4.69, 9.17) is 4.43 Å². The Morgan fingerprint density at radius 2 is 1.76 bits per heavy atom. The molecule has 0 aromatic heterocycles. The summed E-state index contributed by atoms with van der Waals surface area (Å²) < 4.78 is 6.09. The van der Waals surface area contributed by atoms with Crippen LogP contribution in [-0.2, 0) is 10.8 Å². The first-order chi connectivity index (χ1) is 8.14. The van der Waals surface area contributed by atoms with Crippen molar-refractivity contribution in [2.45, 2.75) is 51.7 Å². The molecule has 0 saturated heterocycles.